The number of fused-ring (bicyclic) bond motifs is 1. The van der Waals surface area contributed by atoms with Crippen LogP contribution in [0.15, 0.2) is 30.3 Å². The topological polar surface area (TPSA) is 24.9 Å². The first-order valence-corrected chi connectivity index (χ1v) is 7.88. The van der Waals surface area contributed by atoms with E-state index in [4.69, 9.17) is 0 Å². The van der Waals surface area contributed by atoms with Gasteiger partial charge in [0.1, 0.15) is 0 Å². The molecule has 1 aliphatic rings. The lowest BCUT2D eigenvalue weighted by atomic mass is 9.79. The average Bonchev–Trinajstić information content (AvgIpc) is 2.48. The minimum atomic E-state index is 0.643. The molecule has 2 unspecified atom stereocenters. The van der Waals surface area contributed by atoms with Gasteiger partial charge in [0.15, 0.2) is 0 Å². The molecule has 20 heavy (non-hydrogen) atoms. The Hall–Kier alpha value is -1.41. The third-order valence-corrected chi connectivity index (χ3v) is 4.51. The summed E-state index contributed by atoms with van der Waals surface area (Å²) in [4.78, 5) is 4.60. The van der Waals surface area contributed by atoms with Gasteiger partial charge in [0, 0.05) is 17.1 Å². The van der Waals surface area contributed by atoms with Crippen LogP contribution in [0.1, 0.15) is 49.8 Å². The van der Waals surface area contributed by atoms with Crippen LogP contribution in [0.2, 0.25) is 0 Å². The van der Waals surface area contributed by atoms with Gasteiger partial charge in [-0.15, -0.1) is 0 Å². The third-order valence-electron chi connectivity index (χ3n) is 4.51. The van der Waals surface area contributed by atoms with Gasteiger partial charge in [0.05, 0.1) is 5.52 Å². The highest BCUT2D eigenvalue weighted by molar-refractivity contribution is 5.79. The molecule has 0 aliphatic heterocycles. The number of hydrogen-bond acceptors (Lipinski definition) is 2. The first kappa shape index (κ1) is 13.6. The van der Waals surface area contributed by atoms with Crippen LogP contribution in [0.4, 0.5) is 0 Å². The average molecular weight is 268 g/mol. The molecule has 0 spiro atoms. The molecule has 1 aliphatic carbocycles. The molecular formula is C18H24N2. The molecule has 106 valence electrons. The number of aromatic nitrogens is 1. The van der Waals surface area contributed by atoms with Gasteiger partial charge >= 0.3 is 0 Å². The van der Waals surface area contributed by atoms with Gasteiger partial charge in [-0.3, -0.25) is 4.98 Å². The molecule has 2 aromatic rings. The van der Waals surface area contributed by atoms with Gasteiger partial charge < -0.3 is 5.32 Å². The minimum absolute atomic E-state index is 0.643. The van der Waals surface area contributed by atoms with E-state index in [1.54, 1.807) is 0 Å². The van der Waals surface area contributed by atoms with Crippen molar-refractivity contribution < 1.29 is 0 Å². The molecule has 1 fully saturated rings. The summed E-state index contributed by atoms with van der Waals surface area (Å²) in [7, 11) is 0. The van der Waals surface area contributed by atoms with E-state index < -0.39 is 0 Å². The Balaban J connectivity index is 1.93. The van der Waals surface area contributed by atoms with E-state index in [-0.39, 0.29) is 0 Å². The van der Waals surface area contributed by atoms with E-state index in [1.165, 1.54) is 36.6 Å². The number of nitrogens with one attached hydrogen (secondary N) is 1. The highest BCUT2D eigenvalue weighted by Crippen LogP contribution is 2.34. The van der Waals surface area contributed by atoms with E-state index in [1.807, 2.05) is 0 Å². The molecule has 0 amide bonds. The molecule has 0 saturated heterocycles. The molecule has 1 saturated carbocycles. The molecule has 1 aromatic heterocycles. The van der Waals surface area contributed by atoms with Crippen molar-refractivity contribution in [1.29, 1.82) is 0 Å². The van der Waals surface area contributed by atoms with Crippen molar-refractivity contribution in [2.75, 3.05) is 6.54 Å². The van der Waals surface area contributed by atoms with Crippen molar-refractivity contribution in [2.45, 2.75) is 51.5 Å². The molecule has 2 nitrogen and oxygen atoms in total. The van der Waals surface area contributed by atoms with Crippen LogP contribution in [-0.4, -0.2) is 17.6 Å². The second-order valence-electron chi connectivity index (χ2n) is 5.96. The van der Waals surface area contributed by atoms with E-state index in [0.717, 1.165) is 17.8 Å². The predicted octanol–water partition coefficient (Wildman–Crippen LogP) is 4.18. The Morgan fingerprint density at radius 2 is 2.00 bits per heavy atom. The lowest BCUT2D eigenvalue weighted by Crippen LogP contribution is -2.37. The second-order valence-corrected chi connectivity index (χ2v) is 5.96. The first-order valence-electron chi connectivity index (χ1n) is 7.88. The Kier molecular flexibility index (Phi) is 4.02. The van der Waals surface area contributed by atoms with Gasteiger partial charge in [-0.25, -0.2) is 0 Å². The summed E-state index contributed by atoms with van der Waals surface area (Å²) in [5, 5.41) is 4.95. The first-order chi connectivity index (χ1) is 9.78. The van der Waals surface area contributed by atoms with Gasteiger partial charge in [-0.2, -0.15) is 0 Å². The molecule has 0 radical (unpaired) electrons. The van der Waals surface area contributed by atoms with Crippen molar-refractivity contribution in [3.05, 3.63) is 41.6 Å². The Morgan fingerprint density at radius 1 is 1.15 bits per heavy atom. The van der Waals surface area contributed by atoms with Crippen molar-refractivity contribution in [1.82, 2.24) is 10.3 Å². The van der Waals surface area contributed by atoms with E-state index in [9.17, 15) is 0 Å². The van der Waals surface area contributed by atoms with Gasteiger partial charge in [-0.05, 0) is 56.0 Å². The van der Waals surface area contributed by atoms with Crippen molar-refractivity contribution in [3.8, 4) is 0 Å². The summed E-state index contributed by atoms with van der Waals surface area (Å²) in [5.74, 6) is 0.661. The van der Waals surface area contributed by atoms with Crippen LogP contribution < -0.4 is 5.32 Å². The number of benzene rings is 1. The van der Waals surface area contributed by atoms with Gasteiger partial charge in [0.25, 0.3) is 0 Å². The molecule has 1 heterocycles. The largest absolute Gasteiger partial charge is 0.314 e. The summed E-state index contributed by atoms with van der Waals surface area (Å²) in [5.41, 5.74) is 3.69. The van der Waals surface area contributed by atoms with Crippen LogP contribution in [0.5, 0.6) is 0 Å². The maximum Gasteiger partial charge on any atom is 0.0705 e. The normalized spacial score (nSPS) is 23.1. The number of likely N-dealkylation sites (N-methyl/N-ethyl adjacent to an activating group) is 1. The zero-order valence-corrected chi connectivity index (χ0v) is 12.5. The summed E-state index contributed by atoms with van der Waals surface area (Å²) in [6, 6.07) is 11.8. The van der Waals surface area contributed by atoms with Crippen LogP contribution in [-0.2, 0) is 0 Å². The SMILES string of the molecule is CCNC1CCCCC1c1ccc2nc(C)ccc2c1. The Morgan fingerprint density at radius 3 is 2.85 bits per heavy atom. The number of aryl methyl sites for hydroxylation is 1. The molecule has 1 aromatic carbocycles. The summed E-state index contributed by atoms with van der Waals surface area (Å²) in [6.07, 6.45) is 5.34. The van der Waals surface area contributed by atoms with Crippen molar-refractivity contribution in [3.63, 3.8) is 0 Å². The smallest absolute Gasteiger partial charge is 0.0705 e. The highest BCUT2D eigenvalue weighted by atomic mass is 14.9. The number of rotatable bonds is 3. The van der Waals surface area contributed by atoms with E-state index in [2.05, 4.69) is 54.5 Å². The fourth-order valence-electron chi connectivity index (χ4n) is 3.51. The molecule has 0 bridgehead atoms. The van der Waals surface area contributed by atoms with Crippen molar-refractivity contribution in [2.24, 2.45) is 0 Å². The minimum Gasteiger partial charge on any atom is -0.314 e. The standard InChI is InChI=1S/C18H24N2/c1-3-19-18-7-5-4-6-16(18)14-10-11-17-15(12-14)9-8-13(2)20-17/h8-12,16,18-19H,3-7H2,1-2H3. The van der Waals surface area contributed by atoms with Crippen molar-refractivity contribution >= 4 is 10.9 Å². The van der Waals surface area contributed by atoms with Gasteiger partial charge in [-0.1, -0.05) is 31.9 Å². The van der Waals surface area contributed by atoms with Gasteiger partial charge in [0.2, 0.25) is 0 Å². The lowest BCUT2D eigenvalue weighted by Gasteiger charge is -2.32. The molecule has 1 N–H and O–H groups in total. The van der Waals surface area contributed by atoms with Crippen LogP contribution in [0.3, 0.4) is 0 Å². The number of nitrogens with zero attached hydrogens (tertiary/aromatic N) is 1. The zero-order chi connectivity index (χ0) is 13.9. The second kappa shape index (κ2) is 5.92. The highest BCUT2D eigenvalue weighted by Gasteiger charge is 2.25. The number of pyridine rings is 1. The third kappa shape index (κ3) is 2.71. The number of hydrogen-bond donors (Lipinski definition) is 1. The lowest BCUT2D eigenvalue weighted by molar-refractivity contribution is 0.333. The fourth-order valence-corrected chi connectivity index (χ4v) is 3.51. The monoisotopic (exact) mass is 268 g/mol. The van der Waals surface area contributed by atoms with Crippen LogP contribution >= 0.6 is 0 Å². The predicted molar refractivity (Wildman–Crippen MR) is 85.2 cm³/mol. The van der Waals surface area contributed by atoms with E-state index >= 15 is 0 Å². The Bertz CT molecular complexity index is 589. The molecule has 2 heteroatoms. The molecular weight excluding hydrogens is 244 g/mol. The zero-order valence-electron chi connectivity index (χ0n) is 12.5. The van der Waals surface area contributed by atoms with Crippen LogP contribution in [0, 0.1) is 6.92 Å². The van der Waals surface area contributed by atoms with Crippen LogP contribution in [0.25, 0.3) is 10.9 Å². The fraction of sp³-hybridized carbons (Fsp3) is 0.500. The maximum atomic E-state index is 4.60. The maximum absolute atomic E-state index is 4.60. The van der Waals surface area contributed by atoms with E-state index in [0.29, 0.717) is 12.0 Å². The summed E-state index contributed by atoms with van der Waals surface area (Å²) >= 11 is 0. The summed E-state index contributed by atoms with van der Waals surface area (Å²) in [6.45, 7) is 5.32. The Labute approximate surface area is 121 Å². The molecule has 2 atom stereocenters. The summed E-state index contributed by atoms with van der Waals surface area (Å²) < 4.78 is 0. The molecule has 3 rings (SSSR count). The quantitative estimate of drug-likeness (QED) is 0.903.